The normalized spacial score (nSPS) is 12.1. The first-order chi connectivity index (χ1) is 10.1. The smallest absolute Gasteiger partial charge is 0.339 e. The molecule has 0 saturated heterocycles. The quantitative estimate of drug-likeness (QED) is 0.766. The molecular weight excluding hydrogens is 288 g/mol. The fourth-order valence-electron chi connectivity index (χ4n) is 1.83. The van der Waals surface area contributed by atoms with Gasteiger partial charge in [-0.1, -0.05) is 0 Å². The van der Waals surface area contributed by atoms with Crippen molar-refractivity contribution in [2.75, 3.05) is 6.61 Å². The molecule has 0 bridgehead atoms. The van der Waals surface area contributed by atoms with Crippen LogP contribution in [0, 0.1) is 6.92 Å². The molecule has 0 aliphatic heterocycles. The average molecular weight is 306 g/mol. The molecule has 0 saturated carbocycles. The Balaban J connectivity index is 2.03. The van der Waals surface area contributed by atoms with Crippen LogP contribution in [0.15, 0.2) is 23.2 Å². The molecule has 1 atom stereocenters. The Morgan fingerprint density at radius 3 is 2.86 bits per heavy atom. The number of ether oxygens (including phenoxy) is 2. The molecule has 0 spiro atoms. The summed E-state index contributed by atoms with van der Waals surface area (Å²) in [7, 11) is 0. The van der Waals surface area contributed by atoms with Crippen LogP contribution >= 0.6 is 11.3 Å². The molecule has 2 rings (SSSR count). The molecular formula is C15H18N2O3S. The molecule has 21 heavy (non-hydrogen) atoms. The van der Waals surface area contributed by atoms with Crippen molar-refractivity contribution in [3.8, 4) is 0 Å². The van der Waals surface area contributed by atoms with E-state index in [2.05, 4.69) is 9.97 Å². The number of carbonyl (C=O) groups excluding carboxylic acids is 1. The summed E-state index contributed by atoms with van der Waals surface area (Å²) in [5, 5.41) is 1.95. The van der Waals surface area contributed by atoms with Gasteiger partial charge in [-0.15, -0.1) is 11.3 Å². The lowest BCUT2D eigenvalue weighted by molar-refractivity contribution is 0.0474. The van der Waals surface area contributed by atoms with Crippen LogP contribution in [-0.4, -0.2) is 22.5 Å². The SMILES string of the molecule is CCOC(=O)c1cnc(C(C)OCc2cscn2)cc1C. The minimum absolute atomic E-state index is 0.165. The first-order valence-electron chi connectivity index (χ1n) is 6.74. The van der Waals surface area contributed by atoms with E-state index < -0.39 is 0 Å². The number of thiazole rings is 1. The Morgan fingerprint density at radius 2 is 2.24 bits per heavy atom. The number of carbonyl (C=O) groups is 1. The Kier molecular flexibility index (Phi) is 5.41. The maximum atomic E-state index is 11.7. The van der Waals surface area contributed by atoms with Gasteiger partial charge < -0.3 is 9.47 Å². The predicted molar refractivity (Wildman–Crippen MR) is 80.2 cm³/mol. The first kappa shape index (κ1) is 15.6. The Morgan fingerprint density at radius 1 is 1.43 bits per heavy atom. The fourth-order valence-corrected chi connectivity index (χ4v) is 2.37. The zero-order valence-electron chi connectivity index (χ0n) is 12.3. The van der Waals surface area contributed by atoms with Gasteiger partial charge in [-0.05, 0) is 32.4 Å². The molecule has 112 valence electrons. The van der Waals surface area contributed by atoms with Gasteiger partial charge in [0.2, 0.25) is 0 Å². The van der Waals surface area contributed by atoms with E-state index in [9.17, 15) is 4.79 Å². The fraction of sp³-hybridized carbons (Fsp3) is 0.400. The van der Waals surface area contributed by atoms with Gasteiger partial charge in [-0.3, -0.25) is 4.98 Å². The summed E-state index contributed by atoms with van der Waals surface area (Å²) >= 11 is 1.54. The minimum Gasteiger partial charge on any atom is -0.462 e. The Bertz CT molecular complexity index is 599. The van der Waals surface area contributed by atoms with Crippen LogP contribution in [0.3, 0.4) is 0 Å². The van der Waals surface area contributed by atoms with E-state index in [4.69, 9.17) is 9.47 Å². The molecule has 0 amide bonds. The van der Waals surface area contributed by atoms with Crippen molar-refractivity contribution in [1.82, 2.24) is 9.97 Å². The summed E-state index contributed by atoms with van der Waals surface area (Å²) in [5.41, 5.74) is 4.80. The molecule has 6 heteroatoms. The van der Waals surface area contributed by atoms with E-state index in [0.717, 1.165) is 17.0 Å². The molecule has 2 aromatic rings. The number of pyridine rings is 1. The monoisotopic (exact) mass is 306 g/mol. The van der Waals surface area contributed by atoms with Gasteiger partial charge in [0, 0.05) is 11.6 Å². The maximum Gasteiger partial charge on any atom is 0.339 e. The summed E-state index contributed by atoms with van der Waals surface area (Å²) in [6, 6.07) is 1.86. The van der Waals surface area contributed by atoms with Crippen molar-refractivity contribution in [3.63, 3.8) is 0 Å². The molecule has 0 N–H and O–H groups in total. The van der Waals surface area contributed by atoms with Crippen LogP contribution in [0.1, 0.15) is 47.3 Å². The van der Waals surface area contributed by atoms with Crippen LogP contribution < -0.4 is 0 Å². The van der Waals surface area contributed by atoms with E-state index in [-0.39, 0.29) is 12.1 Å². The van der Waals surface area contributed by atoms with Crippen molar-refractivity contribution in [3.05, 3.63) is 45.7 Å². The third-order valence-electron chi connectivity index (χ3n) is 3.01. The second-order valence-corrected chi connectivity index (χ2v) is 5.30. The van der Waals surface area contributed by atoms with Gasteiger partial charge in [0.15, 0.2) is 0 Å². The van der Waals surface area contributed by atoms with Gasteiger partial charge in [0.05, 0.1) is 41.8 Å². The Hall–Kier alpha value is -1.79. The largest absolute Gasteiger partial charge is 0.462 e. The van der Waals surface area contributed by atoms with Crippen LogP contribution in [0.2, 0.25) is 0 Å². The lowest BCUT2D eigenvalue weighted by Crippen LogP contribution is -2.10. The second-order valence-electron chi connectivity index (χ2n) is 4.58. The highest BCUT2D eigenvalue weighted by Gasteiger charge is 2.14. The van der Waals surface area contributed by atoms with Crippen LogP contribution in [-0.2, 0) is 16.1 Å². The van der Waals surface area contributed by atoms with Crippen LogP contribution in [0.25, 0.3) is 0 Å². The van der Waals surface area contributed by atoms with E-state index in [0.29, 0.717) is 18.8 Å². The maximum absolute atomic E-state index is 11.7. The molecule has 0 aliphatic carbocycles. The summed E-state index contributed by atoms with van der Waals surface area (Å²) in [5.74, 6) is -0.343. The van der Waals surface area contributed by atoms with Crippen molar-refractivity contribution in [2.45, 2.75) is 33.5 Å². The summed E-state index contributed by atoms with van der Waals surface area (Å²) in [6.45, 7) is 6.38. The number of aryl methyl sites for hydroxylation is 1. The lowest BCUT2D eigenvalue weighted by atomic mass is 10.1. The minimum atomic E-state index is -0.343. The van der Waals surface area contributed by atoms with E-state index >= 15 is 0 Å². The zero-order chi connectivity index (χ0) is 15.2. The summed E-state index contributed by atoms with van der Waals surface area (Å²) in [4.78, 5) is 20.2. The zero-order valence-corrected chi connectivity index (χ0v) is 13.1. The highest BCUT2D eigenvalue weighted by Crippen LogP contribution is 2.19. The molecule has 0 radical (unpaired) electrons. The van der Waals surface area contributed by atoms with Gasteiger partial charge in [0.1, 0.15) is 0 Å². The summed E-state index contributed by atoms with van der Waals surface area (Å²) in [6.07, 6.45) is 1.38. The van der Waals surface area contributed by atoms with Gasteiger partial charge in [-0.25, -0.2) is 9.78 Å². The molecule has 2 aromatic heterocycles. The van der Waals surface area contributed by atoms with Crippen LogP contribution in [0.4, 0.5) is 0 Å². The predicted octanol–water partition coefficient (Wildman–Crippen LogP) is 3.30. The third kappa shape index (κ3) is 4.09. The number of nitrogens with zero attached hydrogens (tertiary/aromatic N) is 2. The van der Waals surface area contributed by atoms with Gasteiger partial charge in [-0.2, -0.15) is 0 Å². The van der Waals surface area contributed by atoms with Crippen molar-refractivity contribution in [2.24, 2.45) is 0 Å². The number of aromatic nitrogens is 2. The van der Waals surface area contributed by atoms with Crippen molar-refractivity contribution < 1.29 is 14.3 Å². The number of esters is 1. The topological polar surface area (TPSA) is 61.3 Å². The number of hydrogen-bond donors (Lipinski definition) is 0. The van der Waals surface area contributed by atoms with E-state index in [1.54, 1.807) is 30.0 Å². The molecule has 1 unspecified atom stereocenters. The number of rotatable bonds is 6. The highest BCUT2D eigenvalue weighted by molar-refractivity contribution is 7.07. The van der Waals surface area contributed by atoms with E-state index in [1.165, 1.54) is 0 Å². The molecule has 5 nitrogen and oxygen atoms in total. The first-order valence-corrected chi connectivity index (χ1v) is 7.68. The third-order valence-corrected chi connectivity index (χ3v) is 3.64. The second kappa shape index (κ2) is 7.28. The van der Waals surface area contributed by atoms with Gasteiger partial charge in [0.25, 0.3) is 0 Å². The molecule has 0 aromatic carbocycles. The van der Waals surface area contributed by atoms with Crippen LogP contribution in [0.5, 0.6) is 0 Å². The van der Waals surface area contributed by atoms with Crippen molar-refractivity contribution >= 4 is 17.3 Å². The summed E-state index contributed by atoms with van der Waals surface area (Å²) < 4.78 is 10.7. The lowest BCUT2D eigenvalue weighted by Gasteiger charge is -2.13. The van der Waals surface area contributed by atoms with E-state index in [1.807, 2.05) is 25.3 Å². The van der Waals surface area contributed by atoms with Gasteiger partial charge >= 0.3 is 5.97 Å². The molecule has 0 aliphatic rings. The van der Waals surface area contributed by atoms with Crippen molar-refractivity contribution in [1.29, 1.82) is 0 Å². The number of hydrogen-bond acceptors (Lipinski definition) is 6. The average Bonchev–Trinajstić information content (AvgIpc) is 2.98. The molecule has 0 fully saturated rings. The highest BCUT2D eigenvalue weighted by atomic mass is 32.1. The Labute approximate surface area is 128 Å². The standard InChI is InChI=1S/C15H18N2O3S/c1-4-19-15(18)13-6-16-14(5-10(13)2)11(3)20-7-12-8-21-9-17-12/h5-6,8-9,11H,4,7H2,1-3H3. The molecule has 2 heterocycles.